The van der Waals surface area contributed by atoms with Crippen molar-refractivity contribution in [3.8, 4) is 11.5 Å². The fourth-order valence-corrected chi connectivity index (χ4v) is 4.17. The van der Waals surface area contributed by atoms with Crippen molar-refractivity contribution in [1.82, 2.24) is 5.32 Å². The van der Waals surface area contributed by atoms with E-state index in [4.69, 9.17) is 9.47 Å². The Kier molecular flexibility index (Phi) is 9.95. The molecule has 3 aromatic rings. The van der Waals surface area contributed by atoms with Gasteiger partial charge in [-0.3, -0.25) is 0 Å². The standard InChI is InChI=1S/C20H23NO2.C9H9BrO/c1-14-11-16-9-10-21-20(19(16)12-17(14)13-22)8-5-15-3-6-18(23-2)7-4-15;1-11-9-4-2-8(3-5-9)6-7-10/h3-8,11-12,20-22H,9-10,13H2,1-2H3;2-7H,1H3/b8-5+;7-6+. The van der Waals surface area contributed by atoms with Crippen molar-refractivity contribution in [2.24, 2.45) is 0 Å². The molecule has 4 nitrogen and oxygen atoms in total. The SMILES string of the molecule is COc1ccc(/C=C/Br)cc1.COc1ccc(/C=C/C2NCCc3cc(C)c(CO)cc32)cc1. The maximum atomic E-state index is 9.51. The van der Waals surface area contributed by atoms with Crippen molar-refractivity contribution < 1.29 is 14.6 Å². The van der Waals surface area contributed by atoms with E-state index in [1.807, 2.05) is 59.6 Å². The zero-order valence-electron chi connectivity index (χ0n) is 19.9. The minimum atomic E-state index is 0.0913. The van der Waals surface area contributed by atoms with E-state index in [1.165, 1.54) is 16.7 Å². The second-order valence-corrected chi connectivity index (χ2v) is 8.54. The number of nitrogens with one attached hydrogen (secondary N) is 1. The van der Waals surface area contributed by atoms with Crippen molar-refractivity contribution in [2.75, 3.05) is 20.8 Å². The van der Waals surface area contributed by atoms with Crippen LogP contribution in [0.2, 0.25) is 0 Å². The Balaban J connectivity index is 0.000000248. The number of aliphatic hydroxyl groups excluding tert-OH is 1. The second kappa shape index (κ2) is 13.1. The molecular weight excluding hydrogens is 490 g/mol. The molecule has 0 amide bonds. The number of hydrogen-bond acceptors (Lipinski definition) is 4. The van der Waals surface area contributed by atoms with Gasteiger partial charge in [-0.2, -0.15) is 0 Å². The van der Waals surface area contributed by atoms with E-state index in [9.17, 15) is 5.11 Å². The first-order chi connectivity index (χ1) is 16.6. The molecule has 0 saturated carbocycles. The number of hydrogen-bond donors (Lipinski definition) is 2. The quantitative estimate of drug-likeness (QED) is 0.390. The first-order valence-corrected chi connectivity index (χ1v) is 12.2. The van der Waals surface area contributed by atoms with Gasteiger partial charge in [-0.1, -0.05) is 64.5 Å². The Morgan fingerprint density at radius 3 is 2.06 bits per heavy atom. The molecule has 4 rings (SSSR count). The fraction of sp³-hybridized carbons (Fsp3) is 0.241. The summed E-state index contributed by atoms with van der Waals surface area (Å²) in [6.45, 7) is 3.13. The topological polar surface area (TPSA) is 50.7 Å². The molecule has 0 saturated heterocycles. The second-order valence-electron chi connectivity index (χ2n) is 8.02. The molecule has 0 bridgehead atoms. The summed E-state index contributed by atoms with van der Waals surface area (Å²) in [5.74, 6) is 1.75. The van der Waals surface area contributed by atoms with Gasteiger partial charge in [-0.05, 0) is 82.1 Å². The van der Waals surface area contributed by atoms with Crippen molar-refractivity contribution >= 4 is 28.1 Å². The van der Waals surface area contributed by atoms with Crippen LogP contribution in [0.25, 0.3) is 12.2 Å². The molecule has 1 heterocycles. The molecule has 0 radical (unpaired) electrons. The number of fused-ring (bicyclic) bond motifs is 1. The maximum Gasteiger partial charge on any atom is 0.118 e. The molecule has 178 valence electrons. The Bertz CT molecular complexity index is 1110. The molecule has 1 aliphatic rings. The number of rotatable bonds is 6. The average Bonchev–Trinajstić information content (AvgIpc) is 2.88. The smallest absolute Gasteiger partial charge is 0.118 e. The van der Waals surface area contributed by atoms with Crippen molar-refractivity contribution in [3.05, 3.63) is 105 Å². The van der Waals surface area contributed by atoms with Crippen LogP contribution in [0.1, 0.15) is 39.4 Å². The molecule has 0 aromatic heterocycles. The van der Waals surface area contributed by atoms with Gasteiger partial charge in [-0.15, -0.1) is 0 Å². The van der Waals surface area contributed by atoms with Crippen molar-refractivity contribution in [1.29, 1.82) is 0 Å². The predicted octanol–water partition coefficient (Wildman–Crippen LogP) is 6.46. The summed E-state index contributed by atoms with van der Waals surface area (Å²) in [6, 6.07) is 20.4. The van der Waals surface area contributed by atoms with E-state index in [0.717, 1.165) is 41.2 Å². The predicted molar refractivity (Wildman–Crippen MR) is 145 cm³/mol. The lowest BCUT2D eigenvalue weighted by Crippen LogP contribution is -2.28. The largest absolute Gasteiger partial charge is 0.497 e. The Hall–Kier alpha value is -2.86. The molecular formula is C29H32BrNO3. The molecule has 1 aliphatic heterocycles. The van der Waals surface area contributed by atoms with Gasteiger partial charge in [0.25, 0.3) is 0 Å². The first-order valence-electron chi connectivity index (χ1n) is 11.3. The Morgan fingerprint density at radius 2 is 1.53 bits per heavy atom. The van der Waals surface area contributed by atoms with Gasteiger partial charge in [0.05, 0.1) is 26.9 Å². The van der Waals surface area contributed by atoms with Gasteiger partial charge in [-0.25, -0.2) is 0 Å². The summed E-state index contributed by atoms with van der Waals surface area (Å²) in [7, 11) is 3.34. The number of methoxy groups -OCH3 is 2. The lowest BCUT2D eigenvalue weighted by molar-refractivity contribution is 0.280. The molecule has 1 atom stereocenters. The molecule has 3 aromatic carbocycles. The fourth-order valence-electron chi connectivity index (χ4n) is 3.86. The van der Waals surface area contributed by atoms with Crippen LogP contribution in [0, 0.1) is 6.92 Å². The number of ether oxygens (including phenoxy) is 2. The van der Waals surface area contributed by atoms with E-state index in [0.29, 0.717) is 0 Å². The summed E-state index contributed by atoms with van der Waals surface area (Å²) in [5, 5.41) is 13.1. The van der Waals surface area contributed by atoms with Crippen molar-refractivity contribution in [2.45, 2.75) is 26.0 Å². The van der Waals surface area contributed by atoms with Crippen LogP contribution in [0.5, 0.6) is 11.5 Å². The number of aliphatic hydroxyl groups is 1. The van der Waals surface area contributed by atoms with E-state index in [1.54, 1.807) is 14.2 Å². The summed E-state index contributed by atoms with van der Waals surface area (Å²) in [6.07, 6.45) is 7.33. The zero-order chi connectivity index (χ0) is 24.3. The lowest BCUT2D eigenvalue weighted by Gasteiger charge is -2.26. The van der Waals surface area contributed by atoms with Gasteiger partial charge >= 0.3 is 0 Å². The minimum absolute atomic E-state index is 0.0913. The highest BCUT2D eigenvalue weighted by Gasteiger charge is 2.18. The molecule has 0 spiro atoms. The maximum absolute atomic E-state index is 9.51. The summed E-state index contributed by atoms with van der Waals surface area (Å²) in [5.41, 5.74) is 7.14. The zero-order valence-corrected chi connectivity index (χ0v) is 21.5. The highest BCUT2D eigenvalue weighted by molar-refractivity contribution is 9.11. The number of benzene rings is 3. The van der Waals surface area contributed by atoms with Crippen LogP contribution < -0.4 is 14.8 Å². The third-order valence-corrected chi connectivity index (χ3v) is 6.09. The first kappa shape index (κ1) is 25.8. The molecule has 0 fully saturated rings. The van der Waals surface area contributed by atoms with Crippen molar-refractivity contribution in [3.63, 3.8) is 0 Å². The molecule has 0 aliphatic carbocycles. The van der Waals surface area contributed by atoms with E-state index < -0.39 is 0 Å². The van der Waals surface area contributed by atoms with Crippen LogP contribution in [0.4, 0.5) is 0 Å². The number of aryl methyl sites for hydroxylation is 1. The summed E-state index contributed by atoms with van der Waals surface area (Å²) >= 11 is 3.21. The highest BCUT2D eigenvalue weighted by Crippen LogP contribution is 2.28. The monoisotopic (exact) mass is 521 g/mol. The normalized spacial score (nSPS) is 15.0. The summed E-state index contributed by atoms with van der Waals surface area (Å²) in [4.78, 5) is 1.83. The molecule has 1 unspecified atom stereocenters. The highest BCUT2D eigenvalue weighted by atomic mass is 79.9. The third-order valence-electron chi connectivity index (χ3n) is 5.83. The number of halogens is 1. The van der Waals surface area contributed by atoms with Crippen LogP contribution in [0.3, 0.4) is 0 Å². The Morgan fingerprint density at radius 1 is 0.941 bits per heavy atom. The molecule has 5 heteroatoms. The van der Waals surface area contributed by atoms with Crippen LogP contribution in [-0.4, -0.2) is 25.9 Å². The van der Waals surface area contributed by atoms with Crippen LogP contribution in [-0.2, 0) is 13.0 Å². The lowest BCUT2D eigenvalue weighted by atomic mass is 9.90. The van der Waals surface area contributed by atoms with E-state index >= 15 is 0 Å². The van der Waals surface area contributed by atoms with Gasteiger partial charge in [0, 0.05) is 6.54 Å². The molecule has 2 N–H and O–H groups in total. The average molecular weight is 522 g/mol. The molecule has 34 heavy (non-hydrogen) atoms. The van der Waals surface area contributed by atoms with E-state index in [-0.39, 0.29) is 12.6 Å². The summed E-state index contributed by atoms with van der Waals surface area (Å²) < 4.78 is 10.2. The van der Waals surface area contributed by atoms with Gasteiger partial charge in [0.15, 0.2) is 0 Å². The third kappa shape index (κ3) is 7.07. The minimum Gasteiger partial charge on any atom is -0.497 e. The van der Waals surface area contributed by atoms with Crippen LogP contribution in [0.15, 0.2) is 71.7 Å². The van der Waals surface area contributed by atoms with Crippen LogP contribution >= 0.6 is 15.9 Å². The van der Waals surface area contributed by atoms with Gasteiger partial charge in [0.2, 0.25) is 0 Å². The van der Waals surface area contributed by atoms with E-state index in [2.05, 4.69) is 52.5 Å². The Labute approximate surface area is 211 Å². The van der Waals surface area contributed by atoms with Gasteiger partial charge in [0.1, 0.15) is 11.5 Å². The van der Waals surface area contributed by atoms with Gasteiger partial charge < -0.3 is 19.9 Å².